The van der Waals surface area contributed by atoms with E-state index in [1.165, 1.54) is 0 Å². The summed E-state index contributed by atoms with van der Waals surface area (Å²) >= 11 is 0. The zero-order valence-electron chi connectivity index (χ0n) is 7.88. The molecule has 1 aromatic carbocycles. The topological polar surface area (TPSA) is 82.6 Å². The molecule has 0 spiro atoms. The van der Waals surface area contributed by atoms with E-state index in [-0.39, 0.29) is 0 Å². The van der Waals surface area contributed by atoms with Gasteiger partial charge in [0.15, 0.2) is 0 Å². The Bertz CT molecular complexity index is 405. The van der Waals surface area contributed by atoms with Gasteiger partial charge in [-0.05, 0) is 5.56 Å². The Morgan fingerprint density at radius 1 is 1.40 bits per heavy atom. The number of rotatable bonds is 4. The summed E-state index contributed by atoms with van der Waals surface area (Å²) in [6, 6.07) is 6.80. The van der Waals surface area contributed by atoms with E-state index in [1.807, 2.05) is 0 Å². The van der Waals surface area contributed by atoms with Gasteiger partial charge in [-0.2, -0.15) is 4.79 Å². The molecule has 0 atom stereocenters. The number of amides is 1. The first-order valence-corrected chi connectivity index (χ1v) is 4.25. The van der Waals surface area contributed by atoms with Gasteiger partial charge in [-0.25, -0.2) is 0 Å². The molecule has 0 aliphatic rings. The Kier molecular flexibility index (Phi) is 3.94. The Balaban J connectivity index is 2.54. The third-order valence-electron chi connectivity index (χ3n) is 1.76. The molecule has 1 rings (SSSR count). The van der Waals surface area contributed by atoms with Crippen LogP contribution in [0, 0.1) is 0 Å². The highest BCUT2D eigenvalue weighted by Crippen LogP contribution is 2.01. The highest BCUT2D eigenvalue weighted by atomic mass is 16.1. The predicted molar refractivity (Wildman–Crippen MR) is 53.4 cm³/mol. The fraction of sp³-hybridized carbons (Fsp3) is 0.100. The first-order valence-electron chi connectivity index (χ1n) is 4.25. The van der Waals surface area contributed by atoms with E-state index < -0.39 is 5.91 Å². The van der Waals surface area contributed by atoms with Gasteiger partial charge in [-0.15, -0.1) is 0 Å². The minimum absolute atomic E-state index is 0.323. The highest BCUT2D eigenvalue weighted by Gasteiger charge is 2.00. The van der Waals surface area contributed by atoms with Gasteiger partial charge in [0.05, 0.1) is 0 Å². The van der Waals surface area contributed by atoms with Crippen molar-refractivity contribution in [2.75, 3.05) is 0 Å². The van der Waals surface area contributed by atoms with Crippen LogP contribution in [0.1, 0.15) is 15.9 Å². The van der Waals surface area contributed by atoms with Gasteiger partial charge in [-0.3, -0.25) is 9.59 Å². The number of hydrogen-bond donors (Lipinski definition) is 1. The Labute approximate surface area is 86.3 Å². The number of carbonyl (C=O) groups excluding carboxylic acids is 2. The van der Waals surface area contributed by atoms with Crippen LogP contribution in [0.2, 0.25) is 0 Å². The summed E-state index contributed by atoms with van der Waals surface area (Å²) in [5.74, 6) is -0.475. The summed E-state index contributed by atoms with van der Waals surface area (Å²) in [6.07, 6.45) is 1.53. The molecule has 0 fully saturated rings. The largest absolute Gasteiger partial charge is 0.361 e. The molecule has 1 aromatic rings. The highest BCUT2D eigenvalue weighted by molar-refractivity contribution is 6.23. The molecule has 0 saturated carbocycles. The van der Waals surface area contributed by atoms with Crippen LogP contribution in [0.3, 0.4) is 0 Å². The van der Waals surface area contributed by atoms with Crippen LogP contribution < -0.4 is 5.32 Å². The van der Waals surface area contributed by atoms with Crippen molar-refractivity contribution >= 4 is 18.4 Å². The molecule has 0 aromatic heterocycles. The van der Waals surface area contributed by atoms with Crippen LogP contribution in [0.25, 0.3) is 5.53 Å². The van der Waals surface area contributed by atoms with Gasteiger partial charge in [-0.1, -0.05) is 24.3 Å². The van der Waals surface area contributed by atoms with Crippen molar-refractivity contribution in [2.45, 2.75) is 6.54 Å². The van der Waals surface area contributed by atoms with Crippen molar-refractivity contribution in [1.82, 2.24) is 5.32 Å². The number of carbonyl (C=O) groups is 2. The first kappa shape index (κ1) is 10.8. The summed E-state index contributed by atoms with van der Waals surface area (Å²) in [6.45, 7) is 0.323. The molecule has 5 nitrogen and oxygen atoms in total. The van der Waals surface area contributed by atoms with Gasteiger partial charge in [0.1, 0.15) is 6.29 Å². The average Bonchev–Trinajstić information content (AvgIpc) is 2.27. The molecule has 1 amide bonds. The van der Waals surface area contributed by atoms with Crippen molar-refractivity contribution in [1.29, 1.82) is 0 Å². The van der Waals surface area contributed by atoms with E-state index in [2.05, 4.69) is 10.1 Å². The molecule has 0 unspecified atom stereocenters. The summed E-state index contributed by atoms with van der Waals surface area (Å²) in [7, 11) is 0. The normalized spacial score (nSPS) is 8.80. The molecule has 0 saturated heterocycles. The van der Waals surface area contributed by atoms with Crippen LogP contribution in [0.5, 0.6) is 0 Å². The number of nitrogens with zero attached hydrogens (tertiary/aromatic N) is 2. The third-order valence-corrected chi connectivity index (χ3v) is 1.76. The van der Waals surface area contributed by atoms with Crippen LogP contribution in [-0.4, -0.2) is 23.2 Å². The second kappa shape index (κ2) is 5.47. The van der Waals surface area contributed by atoms with Gasteiger partial charge >= 0.3 is 12.1 Å². The SMILES string of the molecule is [N-]=[N+]=CC(=O)NCc1ccc(C=O)cc1. The quantitative estimate of drug-likeness (QED) is 0.333. The maximum Gasteiger partial charge on any atom is 0.344 e. The minimum Gasteiger partial charge on any atom is -0.361 e. The molecule has 5 heteroatoms. The number of benzene rings is 1. The lowest BCUT2D eigenvalue weighted by atomic mass is 10.1. The van der Waals surface area contributed by atoms with E-state index in [1.54, 1.807) is 24.3 Å². The fourth-order valence-electron chi connectivity index (χ4n) is 1.00. The zero-order valence-corrected chi connectivity index (χ0v) is 7.88. The summed E-state index contributed by atoms with van der Waals surface area (Å²) in [5, 5.41) is 2.50. The van der Waals surface area contributed by atoms with Crippen molar-refractivity contribution in [2.24, 2.45) is 0 Å². The van der Waals surface area contributed by atoms with E-state index in [0.717, 1.165) is 18.1 Å². The van der Waals surface area contributed by atoms with E-state index >= 15 is 0 Å². The van der Waals surface area contributed by atoms with Crippen LogP contribution in [-0.2, 0) is 11.3 Å². The van der Waals surface area contributed by atoms with E-state index in [4.69, 9.17) is 5.53 Å². The summed E-state index contributed by atoms with van der Waals surface area (Å²) < 4.78 is 0. The standard InChI is InChI=1S/C10H9N3O2/c11-13-6-10(15)12-5-8-1-3-9(7-14)4-2-8/h1-4,6-7H,5H2,(H,12,15). The lowest BCUT2D eigenvalue weighted by Gasteiger charge is -2.00. The molecule has 0 aliphatic heterocycles. The first-order chi connectivity index (χ1) is 7.26. The molecule has 1 N–H and O–H groups in total. The molecular weight excluding hydrogens is 194 g/mol. The van der Waals surface area contributed by atoms with Crippen LogP contribution in [0.15, 0.2) is 24.3 Å². The molecule has 0 radical (unpaired) electrons. The van der Waals surface area contributed by atoms with E-state index in [0.29, 0.717) is 12.1 Å². The Morgan fingerprint density at radius 3 is 2.60 bits per heavy atom. The van der Waals surface area contributed by atoms with Crippen LogP contribution >= 0.6 is 0 Å². The van der Waals surface area contributed by atoms with Crippen molar-refractivity contribution < 1.29 is 14.4 Å². The molecule has 0 bridgehead atoms. The number of nitrogens with one attached hydrogen (secondary N) is 1. The van der Waals surface area contributed by atoms with Crippen LogP contribution in [0.4, 0.5) is 0 Å². The van der Waals surface area contributed by atoms with Gasteiger partial charge in [0.25, 0.3) is 0 Å². The lowest BCUT2D eigenvalue weighted by molar-refractivity contribution is -0.118. The number of aldehydes is 1. The van der Waals surface area contributed by atoms with Gasteiger partial charge in [0.2, 0.25) is 0 Å². The number of hydrogen-bond acceptors (Lipinski definition) is 2. The molecular formula is C10H9N3O2. The van der Waals surface area contributed by atoms with Crippen molar-refractivity contribution in [3.63, 3.8) is 0 Å². The fourth-order valence-corrected chi connectivity index (χ4v) is 1.00. The third kappa shape index (κ3) is 3.54. The molecule has 0 heterocycles. The predicted octanol–water partition coefficient (Wildman–Crippen LogP) is 0.416. The lowest BCUT2D eigenvalue weighted by Crippen LogP contribution is -2.23. The molecule has 0 aliphatic carbocycles. The van der Waals surface area contributed by atoms with E-state index in [9.17, 15) is 9.59 Å². The van der Waals surface area contributed by atoms with Crippen molar-refractivity contribution in [3.05, 3.63) is 40.9 Å². The zero-order chi connectivity index (χ0) is 11.1. The smallest absolute Gasteiger partial charge is 0.344 e. The van der Waals surface area contributed by atoms with Gasteiger partial charge in [0, 0.05) is 12.1 Å². The summed E-state index contributed by atoms with van der Waals surface area (Å²) in [4.78, 5) is 23.8. The van der Waals surface area contributed by atoms with Gasteiger partial charge < -0.3 is 10.8 Å². The minimum atomic E-state index is -0.475. The second-order valence-electron chi connectivity index (χ2n) is 2.82. The average molecular weight is 203 g/mol. The molecule has 15 heavy (non-hydrogen) atoms. The molecule has 76 valence electrons. The maximum atomic E-state index is 10.9. The second-order valence-corrected chi connectivity index (χ2v) is 2.82. The summed E-state index contributed by atoms with van der Waals surface area (Å²) in [5.41, 5.74) is 9.52. The Morgan fingerprint density at radius 2 is 2.07 bits per heavy atom. The maximum absolute atomic E-state index is 10.9. The van der Waals surface area contributed by atoms with Crippen molar-refractivity contribution in [3.8, 4) is 0 Å². The monoisotopic (exact) mass is 203 g/mol. The Hall–Kier alpha value is -2.26.